The van der Waals surface area contributed by atoms with E-state index < -0.39 is 12.1 Å². The van der Waals surface area contributed by atoms with Gasteiger partial charge in [-0.05, 0) is 73.9 Å². The number of hydrogen-bond acceptors (Lipinski definition) is 4. The lowest BCUT2D eigenvalue weighted by molar-refractivity contribution is -0.153. The minimum Gasteiger partial charge on any atom is -0.343 e. The summed E-state index contributed by atoms with van der Waals surface area (Å²) in [6.45, 7) is 2.25. The van der Waals surface area contributed by atoms with E-state index in [0.717, 1.165) is 61.2 Å². The lowest BCUT2D eigenvalue weighted by Gasteiger charge is -2.42. The number of nitrogens with one attached hydrogen (secondary N) is 2. The minimum atomic E-state index is -0.832. The summed E-state index contributed by atoms with van der Waals surface area (Å²) in [4.78, 5) is 44.4. The van der Waals surface area contributed by atoms with Gasteiger partial charge >= 0.3 is 0 Å². The highest BCUT2D eigenvalue weighted by Gasteiger charge is 2.42. The fraction of sp³-hybridized carbons (Fsp3) is 0.516. The van der Waals surface area contributed by atoms with Crippen LogP contribution in [0.15, 0.2) is 48.5 Å². The second-order valence-electron chi connectivity index (χ2n) is 11.3. The molecule has 2 heterocycles. The van der Waals surface area contributed by atoms with Crippen molar-refractivity contribution in [3.63, 3.8) is 0 Å². The Balaban J connectivity index is 1.29. The summed E-state index contributed by atoms with van der Waals surface area (Å²) in [5.74, 6) is -0.381. The normalized spacial score (nSPS) is 21.9. The quantitative estimate of drug-likeness (QED) is 0.433. The van der Waals surface area contributed by atoms with Crippen LogP contribution in [0.3, 0.4) is 0 Å². The maximum Gasteiger partial charge on any atom is 0.246 e. The third kappa shape index (κ3) is 7.21. The van der Waals surface area contributed by atoms with Gasteiger partial charge in [0.1, 0.15) is 17.9 Å². The molecule has 214 valence electrons. The van der Waals surface area contributed by atoms with Crippen molar-refractivity contribution in [3.8, 4) is 0 Å². The van der Waals surface area contributed by atoms with Gasteiger partial charge in [0.25, 0.3) is 0 Å². The van der Waals surface area contributed by atoms with Crippen molar-refractivity contribution in [2.75, 3.05) is 26.2 Å². The SMILES string of the molecule is O=C(NC(Cc1ccc(F)cc1)C(=O)N1CCN(CCCc2ccccc2Cl)C(=O)C1CC1CC1)C1CCCN1. The van der Waals surface area contributed by atoms with Gasteiger partial charge in [0.05, 0.1) is 6.04 Å². The van der Waals surface area contributed by atoms with E-state index in [2.05, 4.69) is 10.6 Å². The van der Waals surface area contributed by atoms with Crippen molar-refractivity contribution in [1.29, 1.82) is 0 Å². The van der Waals surface area contributed by atoms with E-state index in [-0.39, 0.29) is 36.0 Å². The van der Waals surface area contributed by atoms with Crippen molar-refractivity contribution in [3.05, 3.63) is 70.5 Å². The summed E-state index contributed by atoms with van der Waals surface area (Å²) >= 11 is 6.31. The van der Waals surface area contributed by atoms with Crippen LogP contribution < -0.4 is 10.6 Å². The minimum absolute atomic E-state index is 0.0185. The van der Waals surface area contributed by atoms with E-state index in [0.29, 0.717) is 32.0 Å². The summed E-state index contributed by atoms with van der Waals surface area (Å²) in [5, 5.41) is 6.89. The highest BCUT2D eigenvalue weighted by molar-refractivity contribution is 6.31. The standard InChI is InChI=1S/C31H38ClFN4O3/c32-25-7-2-1-5-23(25)6-4-16-36-17-18-37(28(31(36)40)20-22-9-10-22)30(39)27(19-21-11-13-24(33)14-12-21)35-29(38)26-8-3-15-34-26/h1-2,5,7,11-14,22,26-28,34H,3-4,6,8-10,15-20H2,(H,35,38). The molecule has 2 aliphatic heterocycles. The van der Waals surface area contributed by atoms with Crippen molar-refractivity contribution in [1.82, 2.24) is 20.4 Å². The Labute approximate surface area is 240 Å². The predicted molar refractivity (Wildman–Crippen MR) is 152 cm³/mol. The van der Waals surface area contributed by atoms with Crippen LogP contribution in [0.1, 0.15) is 49.7 Å². The molecule has 1 aliphatic carbocycles. The molecule has 3 aliphatic rings. The molecule has 3 fully saturated rings. The number of carbonyl (C=O) groups excluding carboxylic acids is 3. The number of rotatable bonds is 11. The zero-order chi connectivity index (χ0) is 28.1. The highest BCUT2D eigenvalue weighted by Crippen LogP contribution is 2.36. The summed E-state index contributed by atoms with van der Waals surface area (Å²) in [6, 6.07) is 12.1. The Morgan fingerprint density at radius 1 is 1.07 bits per heavy atom. The molecule has 40 heavy (non-hydrogen) atoms. The summed E-state index contributed by atoms with van der Waals surface area (Å²) < 4.78 is 13.5. The molecule has 3 atom stereocenters. The molecule has 1 saturated carbocycles. The first-order valence-electron chi connectivity index (χ1n) is 14.5. The third-order valence-electron chi connectivity index (χ3n) is 8.30. The van der Waals surface area contributed by atoms with Gasteiger partial charge in [-0.3, -0.25) is 14.4 Å². The number of hydrogen-bond donors (Lipinski definition) is 2. The number of halogens is 2. The third-order valence-corrected chi connectivity index (χ3v) is 8.67. The maximum absolute atomic E-state index is 14.1. The van der Waals surface area contributed by atoms with E-state index in [1.165, 1.54) is 12.1 Å². The monoisotopic (exact) mass is 568 g/mol. The first kappa shape index (κ1) is 28.6. The number of amides is 3. The average molecular weight is 569 g/mol. The lowest BCUT2D eigenvalue weighted by atomic mass is 9.99. The second-order valence-corrected chi connectivity index (χ2v) is 11.7. The predicted octanol–water partition coefficient (Wildman–Crippen LogP) is 3.73. The molecule has 2 N–H and O–H groups in total. The number of piperazine rings is 1. The zero-order valence-electron chi connectivity index (χ0n) is 22.8. The molecular weight excluding hydrogens is 531 g/mol. The molecule has 0 aromatic heterocycles. The van der Waals surface area contributed by atoms with Crippen LogP contribution in [-0.2, 0) is 27.2 Å². The van der Waals surface area contributed by atoms with Crippen LogP contribution in [0.2, 0.25) is 5.02 Å². The topological polar surface area (TPSA) is 81.8 Å². The molecular formula is C31H38ClFN4O3. The molecule has 3 amide bonds. The summed E-state index contributed by atoms with van der Waals surface area (Å²) in [7, 11) is 0. The first-order chi connectivity index (χ1) is 19.4. The van der Waals surface area contributed by atoms with Crippen molar-refractivity contribution >= 4 is 29.3 Å². The van der Waals surface area contributed by atoms with Crippen molar-refractivity contribution in [2.45, 2.75) is 69.5 Å². The summed E-state index contributed by atoms with van der Waals surface area (Å²) in [6.07, 6.45) is 6.22. The van der Waals surface area contributed by atoms with Crippen LogP contribution >= 0.6 is 11.6 Å². The van der Waals surface area contributed by atoms with Crippen LogP contribution in [0.5, 0.6) is 0 Å². The molecule has 2 saturated heterocycles. The number of aryl methyl sites for hydroxylation is 1. The van der Waals surface area contributed by atoms with Gasteiger partial charge in [0.15, 0.2) is 0 Å². The largest absolute Gasteiger partial charge is 0.343 e. The zero-order valence-corrected chi connectivity index (χ0v) is 23.5. The molecule has 0 bridgehead atoms. The van der Waals surface area contributed by atoms with E-state index in [4.69, 9.17) is 11.6 Å². The maximum atomic E-state index is 14.1. The molecule has 2 aromatic rings. The van der Waals surface area contributed by atoms with Gasteiger partial charge in [-0.1, -0.05) is 54.8 Å². The molecule has 2 aromatic carbocycles. The molecule has 3 unspecified atom stereocenters. The Morgan fingerprint density at radius 3 is 2.55 bits per heavy atom. The molecule has 0 spiro atoms. The smallest absolute Gasteiger partial charge is 0.246 e. The van der Waals surface area contributed by atoms with Crippen LogP contribution in [-0.4, -0.2) is 71.8 Å². The lowest BCUT2D eigenvalue weighted by Crippen LogP contribution is -2.63. The second kappa shape index (κ2) is 13.1. The Kier molecular flexibility index (Phi) is 9.37. The van der Waals surface area contributed by atoms with Crippen molar-refractivity contribution in [2.24, 2.45) is 5.92 Å². The van der Waals surface area contributed by atoms with E-state index in [1.54, 1.807) is 17.0 Å². The van der Waals surface area contributed by atoms with E-state index in [1.807, 2.05) is 29.2 Å². The van der Waals surface area contributed by atoms with Crippen LogP contribution in [0, 0.1) is 11.7 Å². The Bertz CT molecular complexity index is 1200. The fourth-order valence-electron chi connectivity index (χ4n) is 5.82. The van der Waals surface area contributed by atoms with Gasteiger partial charge in [-0.25, -0.2) is 4.39 Å². The molecule has 9 heteroatoms. The first-order valence-corrected chi connectivity index (χ1v) is 14.9. The van der Waals surface area contributed by atoms with Gasteiger partial charge < -0.3 is 20.4 Å². The average Bonchev–Trinajstić information content (AvgIpc) is 3.60. The number of carbonyl (C=O) groups is 3. The fourth-order valence-corrected chi connectivity index (χ4v) is 6.05. The van der Waals surface area contributed by atoms with Gasteiger partial charge in [-0.15, -0.1) is 0 Å². The number of benzene rings is 2. The highest BCUT2D eigenvalue weighted by atomic mass is 35.5. The Morgan fingerprint density at radius 2 is 1.85 bits per heavy atom. The van der Waals surface area contributed by atoms with E-state index in [9.17, 15) is 18.8 Å². The van der Waals surface area contributed by atoms with Crippen LogP contribution in [0.4, 0.5) is 4.39 Å². The van der Waals surface area contributed by atoms with Crippen molar-refractivity contribution < 1.29 is 18.8 Å². The van der Waals surface area contributed by atoms with Gasteiger partial charge in [-0.2, -0.15) is 0 Å². The molecule has 7 nitrogen and oxygen atoms in total. The van der Waals surface area contributed by atoms with Gasteiger partial charge in [0, 0.05) is 31.1 Å². The molecule has 5 rings (SSSR count). The van der Waals surface area contributed by atoms with Crippen LogP contribution in [0.25, 0.3) is 0 Å². The number of nitrogens with zero attached hydrogens (tertiary/aromatic N) is 2. The molecule has 0 radical (unpaired) electrons. The summed E-state index contributed by atoms with van der Waals surface area (Å²) in [5.41, 5.74) is 1.82. The Hall–Kier alpha value is -2.97. The van der Waals surface area contributed by atoms with Gasteiger partial charge in [0.2, 0.25) is 17.7 Å². The van der Waals surface area contributed by atoms with E-state index >= 15 is 0 Å².